The van der Waals surface area contributed by atoms with Gasteiger partial charge in [0.15, 0.2) is 5.96 Å². The summed E-state index contributed by atoms with van der Waals surface area (Å²) in [4.78, 5) is 17.7. The molecule has 0 saturated heterocycles. The maximum atomic E-state index is 13.2. The topological polar surface area (TPSA) is 56.7 Å². The lowest BCUT2D eigenvalue weighted by Crippen LogP contribution is -2.43. The van der Waals surface area contributed by atoms with Crippen LogP contribution < -0.4 is 10.6 Å². The highest BCUT2D eigenvalue weighted by Crippen LogP contribution is 2.17. The summed E-state index contributed by atoms with van der Waals surface area (Å²) in [5.41, 5.74) is 0.937. The lowest BCUT2D eigenvalue weighted by atomic mass is 10.1. The summed E-state index contributed by atoms with van der Waals surface area (Å²) in [6.45, 7) is 0.757. The highest BCUT2D eigenvalue weighted by atomic mass is 127. The summed E-state index contributed by atoms with van der Waals surface area (Å²) < 4.78 is 13.2. The van der Waals surface area contributed by atoms with Crippen molar-refractivity contribution in [3.05, 3.63) is 35.6 Å². The zero-order valence-electron chi connectivity index (χ0n) is 14.9. The van der Waals surface area contributed by atoms with Gasteiger partial charge >= 0.3 is 0 Å². The smallest absolute Gasteiger partial charge is 0.243 e. The molecule has 1 saturated carbocycles. The Morgan fingerprint density at radius 1 is 1.32 bits per heavy atom. The number of carbonyl (C=O) groups is 1. The zero-order valence-corrected chi connectivity index (χ0v) is 17.3. The molecule has 1 aromatic rings. The van der Waals surface area contributed by atoms with E-state index >= 15 is 0 Å². The van der Waals surface area contributed by atoms with Gasteiger partial charge in [-0.05, 0) is 37.0 Å². The number of hydrogen-bond acceptors (Lipinski definition) is 2. The van der Waals surface area contributed by atoms with Gasteiger partial charge in [0, 0.05) is 26.7 Å². The highest BCUT2D eigenvalue weighted by molar-refractivity contribution is 14.0. The van der Waals surface area contributed by atoms with Crippen LogP contribution in [0.4, 0.5) is 4.39 Å². The second-order valence-electron chi connectivity index (χ2n) is 6.39. The molecule has 2 N–H and O–H groups in total. The Bertz CT molecular complexity index is 574. The van der Waals surface area contributed by atoms with Crippen molar-refractivity contribution in [1.82, 2.24) is 15.5 Å². The summed E-state index contributed by atoms with van der Waals surface area (Å²) >= 11 is 0. The monoisotopic (exact) mass is 462 g/mol. The molecule has 1 amide bonds. The SMILES string of the molecule is CN(C)C(=O)CN=C(NCCc1cccc(F)c1)NC1CCCC1.I. The summed E-state index contributed by atoms with van der Waals surface area (Å²) in [7, 11) is 3.44. The Balaban J connectivity index is 0.00000312. The van der Waals surface area contributed by atoms with Crippen LogP contribution in [0.2, 0.25) is 0 Å². The number of carbonyl (C=O) groups excluding carboxylic acids is 1. The van der Waals surface area contributed by atoms with Gasteiger partial charge in [-0.25, -0.2) is 9.38 Å². The van der Waals surface area contributed by atoms with Crippen molar-refractivity contribution in [1.29, 1.82) is 0 Å². The molecule has 25 heavy (non-hydrogen) atoms. The number of rotatable bonds is 6. The molecule has 2 rings (SSSR count). The molecule has 0 radical (unpaired) electrons. The summed E-state index contributed by atoms with van der Waals surface area (Å²) in [6, 6.07) is 7.02. The third-order valence-electron chi connectivity index (χ3n) is 4.16. The van der Waals surface area contributed by atoms with Gasteiger partial charge in [-0.3, -0.25) is 4.79 Å². The highest BCUT2D eigenvalue weighted by Gasteiger charge is 2.16. The van der Waals surface area contributed by atoms with E-state index in [1.807, 2.05) is 6.07 Å². The fraction of sp³-hybridized carbons (Fsp3) is 0.556. The first-order chi connectivity index (χ1) is 11.5. The van der Waals surface area contributed by atoms with Crippen molar-refractivity contribution < 1.29 is 9.18 Å². The Labute approximate surface area is 166 Å². The van der Waals surface area contributed by atoms with Crippen LogP contribution in [0.5, 0.6) is 0 Å². The van der Waals surface area contributed by atoms with E-state index in [9.17, 15) is 9.18 Å². The van der Waals surface area contributed by atoms with E-state index in [2.05, 4.69) is 15.6 Å². The van der Waals surface area contributed by atoms with E-state index in [0.29, 0.717) is 25.0 Å². The maximum Gasteiger partial charge on any atom is 0.243 e. The number of nitrogens with one attached hydrogen (secondary N) is 2. The molecule has 0 spiro atoms. The quantitative estimate of drug-likeness (QED) is 0.388. The van der Waals surface area contributed by atoms with Crippen LogP contribution in [0.3, 0.4) is 0 Å². The van der Waals surface area contributed by atoms with Crippen LogP contribution in [-0.2, 0) is 11.2 Å². The van der Waals surface area contributed by atoms with Crippen LogP contribution in [0.1, 0.15) is 31.2 Å². The third-order valence-corrected chi connectivity index (χ3v) is 4.16. The first-order valence-corrected chi connectivity index (χ1v) is 8.54. The van der Waals surface area contributed by atoms with Crippen molar-refractivity contribution in [2.24, 2.45) is 4.99 Å². The minimum absolute atomic E-state index is 0. The van der Waals surface area contributed by atoms with Gasteiger partial charge in [0.1, 0.15) is 12.4 Å². The Hall–Kier alpha value is -1.38. The normalized spacial score (nSPS) is 14.8. The molecule has 5 nitrogen and oxygen atoms in total. The molecule has 0 atom stereocenters. The van der Waals surface area contributed by atoms with Gasteiger partial charge < -0.3 is 15.5 Å². The number of benzene rings is 1. The fourth-order valence-electron chi connectivity index (χ4n) is 2.72. The summed E-state index contributed by atoms with van der Waals surface area (Å²) in [6.07, 6.45) is 5.42. The molecule has 0 heterocycles. The first-order valence-electron chi connectivity index (χ1n) is 8.54. The fourth-order valence-corrected chi connectivity index (χ4v) is 2.72. The molecule has 0 aliphatic heterocycles. The second kappa shape index (κ2) is 11.3. The molecule has 0 bridgehead atoms. The van der Waals surface area contributed by atoms with E-state index in [0.717, 1.165) is 18.4 Å². The van der Waals surface area contributed by atoms with Crippen LogP contribution in [0.15, 0.2) is 29.3 Å². The number of amides is 1. The lowest BCUT2D eigenvalue weighted by Gasteiger charge is -2.18. The minimum atomic E-state index is -0.220. The van der Waals surface area contributed by atoms with Crippen LogP contribution in [-0.4, -0.2) is 50.0 Å². The number of nitrogens with zero attached hydrogens (tertiary/aromatic N) is 2. The van der Waals surface area contributed by atoms with Gasteiger partial charge in [-0.15, -0.1) is 24.0 Å². The number of guanidine groups is 1. The largest absolute Gasteiger partial charge is 0.356 e. The molecule has 1 aromatic carbocycles. The predicted molar refractivity (Wildman–Crippen MR) is 110 cm³/mol. The molecule has 0 unspecified atom stereocenters. The van der Waals surface area contributed by atoms with Gasteiger partial charge in [-0.1, -0.05) is 25.0 Å². The Morgan fingerprint density at radius 3 is 2.68 bits per heavy atom. The molecule has 0 aromatic heterocycles. The third kappa shape index (κ3) is 8.02. The van der Waals surface area contributed by atoms with Crippen molar-refractivity contribution in [2.75, 3.05) is 27.2 Å². The van der Waals surface area contributed by atoms with Gasteiger partial charge in [0.25, 0.3) is 0 Å². The average molecular weight is 462 g/mol. The molecule has 1 aliphatic rings. The van der Waals surface area contributed by atoms with Crippen molar-refractivity contribution in [2.45, 2.75) is 38.1 Å². The minimum Gasteiger partial charge on any atom is -0.356 e. The van der Waals surface area contributed by atoms with E-state index in [-0.39, 0.29) is 42.2 Å². The van der Waals surface area contributed by atoms with Gasteiger partial charge in [0.2, 0.25) is 5.91 Å². The Morgan fingerprint density at radius 2 is 2.04 bits per heavy atom. The first kappa shape index (κ1) is 21.7. The molecular weight excluding hydrogens is 434 g/mol. The van der Waals surface area contributed by atoms with Gasteiger partial charge in [0.05, 0.1) is 0 Å². The summed E-state index contributed by atoms with van der Waals surface area (Å²) in [5, 5.41) is 6.66. The molecule has 7 heteroatoms. The second-order valence-corrected chi connectivity index (χ2v) is 6.39. The van der Waals surface area contributed by atoms with Crippen molar-refractivity contribution in [3.8, 4) is 0 Å². The molecular formula is C18H28FIN4O. The number of hydrogen-bond donors (Lipinski definition) is 2. The Kier molecular flexibility index (Phi) is 9.77. The standard InChI is InChI=1S/C18H27FN4O.HI/c1-23(2)17(24)13-21-18(22-16-8-3-4-9-16)20-11-10-14-6-5-7-15(19)12-14;/h5-7,12,16H,3-4,8-11,13H2,1-2H3,(H2,20,21,22);1H. The lowest BCUT2D eigenvalue weighted by molar-refractivity contribution is -0.127. The number of likely N-dealkylation sites (N-methyl/N-ethyl adjacent to an activating group) is 1. The van der Waals surface area contributed by atoms with Crippen LogP contribution in [0, 0.1) is 5.82 Å². The summed E-state index contributed by atoms with van der Waals surface area (Å²) in [5.74, 6) is 0.406. The van der Waals surface area contributed by atoms with Crippen molar-refractivity contribution in [3.63, 3.8) is 0 Å². The zero-order chi connectivity index (χ0) is 17.4. The number of halogens is 2. The van der Waals surface area contributed by atoms with E-state index in [1.54, 1.807) is 26.2 Å². The van der Waals surface area contributed by atoms with Crippen LogP contribution in [0.25, 0.3) is 0 Å². The molecule has 140 valence electrons. The predicted octanol–water partition coefficient (Wildman–Crippen LogP) is 2.55. The number of aliphatic imine (C=N–C) groups is 1. The van der Waals surface area contributed by atoms with E-state index < -0.39 is 0 Å². The van der Waals surface area contributed by atoms with E-state index in [4.69, 9.17) is 0 Å². The van der Waals surface area contributed by atoms with Crippen molar-refractivity contribution >= 4 is 35.8 Å². The van der Waals surface area contributed by atoms with E-state index in [1.165, 1.54) is 23.8 Å². The van der Waals surface area contributed by atoms with Crippen LogP contribution >= 0.6 is 24.0 Å². The molecule has 1 aliphatic carbocycles. The molecule has 1 fully saturated rings. The van der Waals surface area contributed by atoms with Gasteiger partial charge in [-0.2, -0.15) is 0 Å². The average Bonchev–Trinajstić information content (AvgIpc) is 3.05. The maximum absolute atomic E-state index is 13.2.